The van der Waals surface area contributed by atoms with Crippen LogP contribution in [0.2, 0.25) is 0 Å². The van der Waals surface area contributed by atoms with Gasteiger partial charge in [0.05, 0.1) is 0 Å². The fourth-order valence-corrected chi connectivity index (χ4v) is 3.51. The van der Waals surface area contributed by atoms with Crippen LogP contribution in [0.25, 0.3) is 10.8 Å². The largest absolute Gasteiger partial charge is 0.490 e. The summed E-state index contributed by atoms with van der Waals surface area (Å²) in [4.78, 5) is 0. The van der Waals surface area contributed by atoms with E-state index < -0.39 is 0 Å². The Balaban J connectivity index is 1.64. The van der Waals surface area contributed by atoms with E-state index in [1.807, 2.05) is 13.1 Å². The molecule has 0 atom stereocenters. The van der Waals surface area contributed by atoms with Crippen molar-refractivity contribution >= 4 is 10.8 Å². The van der Waals surface area contributed by atoms with Crippen LogP contribution in [0.5, 0.6) is 11.5 Å². The van der Waals surface area contributed by atoms with Gasteiger partial charge in [0.2, 0.25) is 0 Å². The molecule has 0 aliphatic carbocycles. The van der Waals surface area contributed by atoms with Crippen LogP contribution in [-0.2, 0) is 6.54 Å². The summed E-state index contributed by atoms with van der Waals surface area (Å²) in [6, 6.07) is 18.9. The summed E-state index contributed by atoms with van der Waals surface area (Å²) >= 11 is 0. The summed E-state index contributed by atoms with van der Waals surface area (Å²) in [5.41, 5.74) is 3.83. The van der Waals surface area contributed by atoms with Crippen molar-refractivity contribution in [3.05, 3.63) is 71.3 Å². The molecule has 0 aliphatic rings. The molecule has 0 radical (unpaired) electrons. The Morgan fingerprint density at radius 1 is 0.926 bits per heavy atom. The molecular weight excluding hydrogens is 334 g/mol. The van der Waals surface area contributed by atoms with Crippen molar-refractivity contribution in [1.82, 2.24) is 5.32 Å². The Morgan fingerprint density at radius 2 is 1.70 bits per heavy atom. The van der Waals surface area contributed by atoms with E-state index in [9.17, 15) is 0 Å². The van der Waals surface area contributed by atoms with Crippen LogP contribution >= 0.6 is 0 Å². The van der Waals surface area contributed by atoms with Gasteiger partial charge in [-0.1, -0.05) is 50.2 Å². The molecule has 0 bridgehead atoms. The van der Waals surface area contributed by atoms with Gasteiger partial charge < -0.3 is 14.8 Å². The zero-order chi connectivity index (χ0) is 19.2. The first-order valence-corrected chi connectivity index (χ1v) is 9.61. The monoisotopic (exact) mass is 363 g/mol. The number of hydrogen-bond acceptors (Lipinski definition) is 3. The summed E-state index contributed by atoms with van der Waals surface area (Å²) in [5, 5.41) is 5.70. The average molecular weight is 364 g/mol. The van der Waals surface area contributed by atoms with Gasteiger partial charge in [-0.25, -0.2) is 0 Å². The summed E-state index contributed by atoms with van der Waals surface area (Å²) < 4.78 is 11.9. The molecule has 0 spiro atoms. The molecule has 3 aromatic carbocycles. The van der Waals surface area contributed by atoms with E-state index in [0.717, 1.165) is 18.0 Å². The van der Waals surface area contributed by atoms with E-state index in [2.05, 4.69) is 74.6 Å². The highest BCUT2D eigenvalue weighted by Crippen LogP contribution is 2.28. The van der Waals surface area contributed by atoms with E-state index in [0.29, 0.717) is 19.1 Å². The first-order chi connectivity index (χ1) is 13.1. The third-order valence-electron chi connectivity index (χ3n) is 4.82. The third-order valence-corrected chi connectivity index (χ3v) is 4.82. The summed E-state index contributed by atoms with van der Waals surface area (Å²) in [6.45, 7) is 8.36. The second kappa shape index (κ2) is 8.92. The molecule has 0 aliphatic heterocycles. The van der Waals surface area contributed by atoms with Gasteiger partial charge in [0.25, 0.3) is 0 Å². The quantitative estimate of drug-likeness (QED) is 0.540. The molecule has 0 saturated heterocycles. The maximum Gasteiger partial charge on any atom is 0.124 e. The topological polar surface area (TPSA) is 30.5 Å². The Bertz CT molecular complexity index is 902. The minimum absolute atomic E-state index is 0.514. The van der Waals surface area contributed by atoms with Crippen LogP contribution in [0, 0.1) is 6.92 Å². The van der Waals surface area contributed by atoms with Gasteiger partial charge >= 0.3 is 0 Å². The van der Waals surface area contributed by atoms with Gasteiger partial charge in [0.1, 0.15) is 24.7 Å². The lowest BCUT2D eigenvalue weighted by Gasteiger charge is -2.15. The summed E-state index contributed by atoms with van der Waals surface area (Å²) in [7, 11) is 1.96. The van der Waals surface area contributed by atoms with Gasteiger partial charge in [-0.15, -0.1) is 0 Å². The third kappa shape index (κ3) is 4.61. The van der Waals surface area contributed by atoms with Crippen molar-refractivity contribution in [2.75, 3.05) is 20.3 Å². The Morgan fingerprint density at radius 3 is 2.44 bits per heavy atom. The van der Waals surface area contributed by atoms with E-state index in [1.165, 1.54) is 27.5 Å². The predicted octanol–water partition coefficient (Wildman–Crippen LogP) is 5.45. The number of hydrogen-bond donors (Lipinski definition) is 1. The first-order valence-electron chi connectivity index (χ1n) is 9.61. The van der Waals surface area contributed by atoms with Crippen molar-refractivity contribution in [2.45, 2.75) is 33.2 Å². The fraction of sp³-hybridized carbons (Fsp3) is 0.333. The number of ether oxygens (including phenoxy) is 2. The molecule has 27 heavy (non-hydrogen) atoms. The molecule has 1 N–H and O–H groups in total. The SMILES string of the molecule is CNCc1c(OCCOc2ccc(C(C)C)c(C)c2)ccc2ccccc12. The zero-order valence-corrected chi connectivity index (χ0v) is 16.7. The van der Waals surface area contributed by atoms with Crippen LogP contribution in [-0.4, -0.2) is 20.3 Å². The standard InChI is InChI=1S/C24H29NO2/c1-17(2)21-11-10-20(15-18(21)3)26-13-14-27-24-12-9-19-7-5-6-8-22(19)23(24)16-25-4/h5-12,15,17,25H,13-14,16H2,1-4H3. The Hall–Kier alpha value is -2.52. The van der Waals surface area contributed by atoms with Crippen LogP contribution in [0.4, 0.5) is 0 Å². The molecule has 0 unspecified atom stereocenters. The highest BCUT2D eigenvalue weighted by atomic mass is 16.5. The van der Waals surface area contributed by atoms with Crippen LogP contribution in [0.15, 0.2) is 54.6 Å². The van der Waals surface area contributed by atoms with Gasteiger partial charge in [-0.05, 0) is 60.0 Å². The molecule has 0 amide bonds. The molecule has 3 heteroatoms. The highest BCUT2D eigenvalue weighted by molar-refractivity contribution is 5.87. The van der Waals surface area contributed by atoms with Gasteiger partial charge in [-0.2, -0.15) is 0 Å². The zero-order valence-electron chi connectivity index (χ0n) is 16.7. The molecule has 0 heterocycles. The average Bonchev–Trinajstić information content (AvgIpc) is 2.66. The second-order valence-corrected chi connectivity index (χ2v) is 7.16. The normalized spacial score (nSPS) is 11.1. The summed E-state index contributed by atoms with van der Waals surface area (Å²) in [6.07, 6.45) is 0. The molecular formula is C24H29NO2. The minimum Gasteiger partial charge on any atom is -0.490 e. The number of rotatable bonds is 8. The van der Waals surface area contributed by atoms with Crippen LogP contribution in [0.1, 0.15) is 36.5 Å². The van der Waals surface area contributed by atoms with Gasteiger partial charge in [-0.3, -0.25) is 0 Å². The summed E-state index contributed by atoms with van der Waals surface area (Å²) in [5.74, 6) is 2.34. The molecule has 3 aromatic rings. The highest BCUT2D eigenvalue weighted by Gasteiger charge is 2.09. The lowest BCUT2D eigenvalue weighted by atomic mass is 9.98. The van der Waals surface area contributed by atoms with Crippen molar-refractivity contribution < 1.29 is 9.47 Å². The van der Waals surface area contributed by atoms with E-state index in [1.54, 1.807) is 0 Å². The molecule has 0 aromatic heterocycles. The van der Waals surface area contributed by atoms with E-state index in [-0.39, 0.29) is 0 Å². The lowest BCUT2D eigenvalue weighted by Crippen LogP contribution is -2.12. The second-order valence-electron chi connectivity index (χ2n) is 7.16. The van der Waals surface area contributed by atoms with Crippen molar-refractivity contribution in [3.8, 4) is 11.5 Å². The van der Waals surface area contributed by atoms with Crippen molar-refractivity contribution in [3.63, 3.8) is 0 Å². The molecule has 142 valence electrons. The number of benzene rings is 3. The predicted molar refractivity (Wildman–Crippen MR) is 113 cm³/mol. The smallest absolute Gasteiger partial charge is 0.124 e. The van der Waals surface area contributed by atoms with Crippen LogP contribution < -0.4 is 14.8 Å². The number of fused-ring (bicyclic) bond motifs is 1. The molecule has 3 rings (SSSR count). The maximum atomic E-state index is 6.05. The molecule has 0 fully saturated rings. The van der Waals surface area contributed by atoms with Gasteiger partial charge in [0.15, 0.2) is 0 Å². The van der Waals surface area contributed by atoms with Crippen LogP contribution in [0.3, 0.4) is 0 Å². The lowest BCUT2D eigenvalue weighted by molar-refractivity contribution is 0.216. The number of aryl methyl sites for hydroxylation is 1. The molecule has 3 nitrogen and oxygen atoms in total. The van der Waals surface area contributed by atoms with E-state index in [4.69, 9.17) is 9.47 Å². The first kappa shape index (κ1) is 19.2. The molecule has 0 saturated carbocycles. The minimum atomic E-state index is 0.514. The van der Waals surface area contributed by atoms with Crippen molar-refractivity contribution in [1.29, 1.82) is 0 Å². The maximum absolute atomic E-state index is 6.05. The Labute approximate surface area is 162 Å². The Kier molecular flexibility index (Phi) is 6.36. The van der Waals surface area contributed by atoms with Gasteiger partial charge in [0, 0.05) is 12.1 Å². The van der Waals surface area contributed by atoms with E-state index >= 15 is 0 Å². The fourth-order valence-electron chi connectivity index (χ4n) is 3.51. The van der Waals surface area contributed by atoms with Crippen molar-refractivity contribution in [2.24, 2.45) is 0 Å². The number of nitrogens with one attached hydrogen (secondary N) is 1.